The van der Waals surface area contributed by atoms with Gasteiger partial charge < -0.3 is 5.32 Å². The molecule has 20 heavy (non-hydrogen) atoms. The Bertz CT molecular complexity index is 630. The highest BCUT2D eigenvalue weighted by atomic mass is 16.1. The van der Waals surface area contributed by atoms with Gasteiger partial charge in [0.25, 0.3) is 0 Å². The van der Waals surface area contributed by atoms with Gasteiger partial charge in [-0.1, -0.05) is 13.0 Å². The molecule has 3 nitrogen and oxygen atoms in total. The summed E-state index contributed by atoms with van der Waals surface area (Å²) in [6.07, 6.45) is 4.74. The Morgan fingerprint density at radius 3 is 3.05 bits per heavy atom. The van der Waals surface area contributed by atoms with Crippen LogP contribution >= 0.6 is 0 Å². The molecule has 3 heteroatoms. The number of aromatic nitrogens is 1. The van der Waals surface area contributed by atoms with E-state index in [9.17, 15) is 4.79 Å². The van der Waals surface area contributed by atoms with E-state index in [1.54, 1.807) is 6.20 Å². The zero-order valence-corrected chi connectivity index (χ0v) is 11.9. The second-order valence-corrected chi connectivity index (χ2v) is 5.65. The normalized spacial score (nSPS) is 22.9. The summed E-state index contributed by atoms with van der Waals surface area (Å²) in [5.74, 6) is 0.276. The molecule has 0 spiro atoms. The van der Waals surface area contributed by atoms with Crippen LogP contribution in [0.15, 0.2) is 36.5 Å². The summed E-state index contributed by atoms with van der Waals surface area (Å²) in [5, 5.41) is 4.42. The third kappa shape index (κ3) is 2.22. The van der Waals surface area contributed by atoms with Gasteiger partial charge in [0.15, 0.2) is 5.78 Å². The van der Waals surface area contributed by atoms with Crippen molar-refractivity contribution < 1.29 is 4.79 Å². The maximum Gasteiger partial charge on any atom is 0.170 e. The summed E-state index contributed by atoms with van der Waals surface area (Å²) in [4.78, 5) is 17.2. The van der Waals surface area contributed by atoms with Gasteiger partial charge in [-0.25, -0.2) is 0 Å². The van der Waals surface area contributed by atoms with E-state index >= 15 is 0 Å². The van der Waals surface area contributed by atoms with E-state index in [0.29, 0.717) is 0 Å². The van der Waals surface area contributed by atoms with Gasteiger partial charge in [0.2, 0.25) is 0 Å². The number of benzene rings is 1. The van der Waals surface area contributed by atoms with E-state index in [-0.39, 0.29) is 11.2 Å². The molecule has 0 radical (unpaired) electrons. The van der Waals surface area contributed by atoms with Crippen molar-refractivity contribution in [3.05, 3.63) is 42.1 Å². The minimum Gasteiger partial charge on any atom is -0.316 e. The largest absolute Gasteiger partial charge is 0.316 e. The number of carbonyl (C=O) groups excluding carboxylic acids is 1. The van der Waals surface area contributed by atoms with Crippen LogP contribution in [0.5, 0.6) is 0 Å². The molecule has 1 unspecified atom stereocenters. The summed E-state index contributed by atoms with van der Waals surface area (Å²) < 4.78 is 0. The molecule has 0 aliphatic carbocycles. The van der Waals surface area contributed by atoms with Gasteiger partial charge in [-0.2, -0.15) is 0 Å². The van der Waals surface area contributed by atoms with Crippen molar-refractivity contribution in [2.24, 2.45) is 5.41 Å². The lowest BCUT2D eigenvalue weighted by molar-refractivity contribution is 0.0731. The zero-order valence-electron chi connectivity index (χ0n) is 11.9. The molecule has 1 N–H and O–H groups in total. The number of hydrogen-bond acceptors (Lipinski definition) is 3. The van der Waals surface area contributed by atoms with Crippen LogP contribution in [-0.2, 0) is 0 Å². The van der Waals surface area contributed by atoms with Gasteiger partial charge >= 0.3 is 0 Å². The number of carbonyl (C=O) groups is 1. The number of piperidine rings is 1. The molecule has 0 amide bonds. The predicted molar refractivity (Wildman–Crippen MR) is 80.9 cm³/mol. The summed E-state index contributed by atoms with van der Waals surface area (Å²) in [5.41, 5.74) is 1.53. The lowest BCUT2D eigenvalue weighted by Crippen LogP contribution is -2.45. The fraction of sp³-hybridized carbons (Fsp3) is 0.412. The number of rotatable bonds is 3. The molecule has 1 aliphatic heterocycles. The van der Waals surface area contributed by atoms with Crippen molar-refractivity contribution >= 4 is 16.7 Å². The Kier molecular flexibility index (Phi) is 3.53. The van der Waals surface area contributed by atoms with E-state index in [2.05, 4.69) is 17.2 Å². The minimum absolute atomic E-state index is 0.228. The van der Waals surface area contributed by atoms with Crippen LogP contribution in [0.2, 0.25) is 0 Å². The first kappa shape index (κ1) is 13.3. The first-order valence-corrected chi connectivity index (χ1v) is 7.35. The molecule has 104 valence electrons. The van der Waals surface area contributed by atoms with E-state index in [0.717, 1.165) is 48.8 Å². The topological polar surface area (TPSA) is 42.0 Å². The predicted octanol–water partition coefficient (Wildman–Crippen LogP) is 3.20. The Morgan fingerprint density at radius 1 is 1.40 bits per heavy atom. The molecular formula is C17H20N2O. The van der Waals surface area contributed by atoms with E-state index in [1.165, 1.54) is 0 Å². The van der Waals surface area contributed by atoms with Crippen molar-refractivity contribution in [2.75, 3.05) is 13.1 Å². The SMILES string of the molecule is CCC1(C(=O)c2ccc3ncccc3c2)CCCNC1. The number of ketones is 1. The number of nitrogens with one attached hydrogen (secondary N) is 1. The zero-order chi connectivity index (χ0) is 14.0. The maximum atomic E-state index is 12.9. The fourth-order valence-electron chi connectivity index (χ4n) is 3.15. The molecule has 3 rings (SSSR count). The molecular weight excluding hydrogens is 248 g/mol. The molecule has 1 aromatic heterocycles. The standard InChI is InChI=1S/C17H20N2O/c1-2-17(8-4-9-18-12-17)16(20)14-6-7-15-13(11-14)5-3-10-19-15/h3,5-7,10-11,18H,2,4,8-9,12H2,1H3. The minimum atomic E-state index is -0.228. The van der Waals surface area contributed by atoms with Crippen molar-refractivity contribution in [3.8, 4) is 0 Å². The summed E-state index contributed by atoms with van der Waals surface area (Å²) in [7, 11) is 0. The lowest BCUT2D eigenvalue weighted by Gasteiger charge is -2.35. The number of fused-ring (bicyclic) bond motifs is 1. The van der Waals surface area contributed by atoms with Gasteiger partial charge in [0.1, 0.15) is 0 Å². The van der Waals surface area contributed by atoms with Crippen LogP contribution in [-0.4, -0.2) is 23.9 Å². The highest BCUT2D eigenvalue weighted by molar-refractivity contribution is 6.03. The Balaban J connectivity index is 1.98. The van der Waals surface area contributed by atoms with Crippen molar-refractivity contribution in [1.29, 1.82) is 0 Å². The molecule has 0 bridgehead atoms. The van der Waals surface area contributed by atoms with Crippen LogP contribution in [0.4, 0.5) is 0 Å². The fourth-order valence-corrected chi connectivity index (χ4v) is 3.15. The summed E-state index contributed by atoms with van der Waals surface area (Å²) in [6, 6.07) is 9.77. The smallest absolute Gasteiger partial charge is 0.170 e. The highest BCUT2D eigenvalue weighted by Crippen LogP contribution is 2.34. The molecule has 2 aromatic rings. The van der Waals surface area contributed by atoms with E-state index < -0.39 is 0 Å². The summed E-state index contributed by atoms with van der Waals surface area (Å²) >= 11 is 0. The van der Waals surface area contributed by atoms with Gasteiger partial charge in [-0.3, -0.25) is 9.78 Å². The second kappa shape index (κ2) is 5.33. The van der Waals surface area contributed by atoms with E-state index in [4.69, 9.17) is 0 Å². The first-order valence-electron chi connectivity index (χ1n) is 7.35. The van der Waals surface area contributed by atoms with Crippen molar-refractivity contribution in [2.45, 2.75) is 26.2 Å². The van der Waals surface area contributed by atoms with Crippen LogP contribution < -0.4 is 5.32 Å². The second-order valence-electron chi connectivity index (χ2n) is 5.65. The highest BCUT2D eigenvalue weighted by Gasteiger charge is 2.38. The van der Waals surface area contributed by atoms with Gasteiger partial charge in [-0.15, -0.1) is 0 Å². The number of pyridine rings is 1. The average molecular weight is 268 g/mol. The lowest BCUT2D eigenvalue weighted by atomic mass is 9.72. The third-order valence-corrected chi connectivity index (χ3v) is 4.50. The Hall–Kier alpha value is -1.74. The average Bonchev–Trinajstić information content (AvgIpc) is 2.54. The van der Waals surface area contributed by atoms with Crippen LogP contribution in [0.3, 0.4) is 0 Å². The Morgan fingerprint density at radius 2 is 2.30 bits per heavy atom. The molecule has 1 fully saturated rings. The van der Waals surface area contributed by atoms with Crippen molar-refractivity contribution in [3.63, 3.8) is 0 Å². The number of hydrogen-bond donors (Lipinski definition) is 1. The van der Waals surface area contributed by atoms with Gasteiger partial charge in [0.05, 0.1) is 5.52 Å². The van der Waals surface area contributed by atoms with Crippen LogP contribution in [0, 0.1) is 5.41 Å². The van der Waals surface area contributed by atoms with Crippen LogP contribution in [0.25, 0.3) is 10.9 Å². The quantitative estimate of drug-likeness (QED) is 0.869. The molecule has 1 aliphatic rings. The monoisotopic (exact) mass is 268 g/mol. The molecule has 2 heterocycles. The number of Topliss-reactive ketones (excluding diaryl/α,β-unsaturated/α-hetero) is 1. The van der Waals surface area contributed by atoms with Crippen molar-refractivity contribution in [1.82, 2.24) is 10.3 Å². The first-order chi connectivity index (χ1) is 9.75. The van der Waals surface area contributed by atoms with Gasteiger partial charge in [-0.05, 0) is 50.1 Å². The maximum absolute atomic E-state index is 12.9. The molecule has 1 saturated heterocycles. The molecule has 1 aromatic carbocycles. The molecule has 0 saturated carbocycles. The summed E-state index contributed by atoms with van der Waals surface area (Å²) in [6.45, 7) is 3.94. The van der Waals surface area contributed by atoms with Gasteiger partial charge in [0, 0.05) is 29.1 Å². The molecule has 1 atom stereocenters. The van der Waals surface area contributed by atoms with E-state index in [1.807, 2.05) is 30.3 Å². The third-order valence-electron chi connectivity index (χ3n) is 4.50. The van der Waals surface area contributed by atoms with Crippen LogP contribution in [0.1, 0.15) is 36.5 Å². The Labute approximate surface area is 119 Å². The number of nitrogens with zero attached hydrogens (tertiary/aromatic N) is 1.